The summed E-state index contributed by atoms with van der Waals surface area (Å²) in [5, 5.41) is 4.12. The summed E-state index contributed by atoms with van der Waals surface area (Å²) in [6.07, 6.45) is 4.66. The maximum absolute atomic E-state index is 13.2. The summed E-state index contributed by atoms with van der Waals surface area (Å²) in [7, 11) is 0. The lowest BCUT2D eigenvalue weighted by atomic mass is 9.86. The van der Waals surface area contributed by atoms with Crippen molar-refractivity contribution in [2.75, 3.05) is 0 Å². The van der Waals surface area contributed by atoms with Crippen molar-refractivity contribution in [1.29, 1.82) is 0 Å². The van der Waals surface area contributed by atoms with Crippen molar-refractivity contribution in [2.24, 2.45) is 5.92 Å². The molecule has 0 aromatic heterocycles. The van der Waals surface area contributed by atoms with E-state index in [0.29, 0.717) is 0 Å². The highest BCUT2D eigenvalue weighted by Gasteiger charge is 2.27. The number of carbonyl (C=O) groups excluding carboxylic acids is 1. The van der Waals surface area contributed by atoms with E-state index in [2.05, 4.69) is 72.9 Å². The number of rotatable bonds is 6. The number of amides is 1. The van der Waals surface area contributed by atoms with E-state index < -0.39 is 0 Å². The van der Waals surface area contributed by atoms with E-state index in [9.17, 15) is 4.79 Å². The zero-order chi connectivity index (χ0) is 21.6. The summed E-state index contributed by atoms with van der Waals surface area (Å²) < 4.78 is 0. The van der Waals surface area contributed by atoms with Crippen LogP contribution >= 0.6 is 11.6 Å². The second kappa shape index (κ2) is 10.2. The molecule has 31 heavy (non-hydrogen) atoms. The van der Waals surface area contributed by atoms with Crippen molar-refractivity contribution < 1.29 is 4.79 Å². The largest absolute Gasteiger partial charge is 0.353 e. The minimum atomic E-state index is 0.0382. The molecule has 0 aliphatic heterocycles. The van der Waals surface area contributed by atoms with Crippen LogP contribution < -0.4 is 5.32 Å². The van der Waals surface area contributed by atoms with Gasteiger partial charge in [0.1, 0.15) is 0 Å². The van der Waals surface area contributed by atoms with Gasteiger partial charge in [0.25, 0.3) is 0 Å². The molecule has 0 radical (unpaired) electrons. The number of benzene rings is 3. The van der Waals surface area contributed by atoms with Gasteiger partial charge in [-0.25, -0.2) is 0 Å². The molecule has 160 valence electrons. The molecule has 2 nitrogen and oxygen atoms in total. The highest BCUT2D eigenvalue weighted by molar-refractivity contribution is 6.30. The van der Waals surface area contributed by atoms with E-state index >= 15 is 0 Å². The van der Waals surface area contributed by atoms with Gasteiger partial charge >= 0.3 is 0 Å². The highest BCUT2D eigenvalue weighted by atomic mass is 35.5. The summed E-state index contributed by atoms with van der Waals surface area (Å²) in [6.45, 7) is 2.14. The molecular weight excluding hydrogens is 402 g/mol. The minimum Gasteiger partial charge on any atom is -0.353 e. The molecule has 3 heteroatoms. The van der Waals surface area contributed by atoms with Crippen molar-refractivity contribution in [1.82, 2.24) is 5.32 Å². The van der Waals surface area contributed by atoms with Gasteiger partial charge in [-0.1, -0.05) is 78.3 Å². The minimum absolute atomic E-state index is 0.0382. The first-order chi connectivity index (χ1) is 15.1. The van der Waals surface area contributed by atoms with Crippen LogP contribution in [0.1, 0.15) is 47.9 Å². The van der Waals surface area contributed by atoms with E-state index in [4.69, 9.17) is 11.6 Å². The van der Waals surface area contributed by atoms with Crippen molar-refractivity contribution >= 4 is 17.5 Å². The third kappa shape index (κ3) is 5.57. The molecule has 3 aromatic rings. The first kappa shape index (κ1) is 21.6. The van der Waals surface area contributed by atoms with Gasteiger partial charge < -0.3 is 5.32 Å². The Morgan fingerprint density at radius 1 is 0.903 bits per heavy atom. The second-order valence-electron chi connectivity index (χ2n) is 8.69. The van der Waals surface area contributed by atoms with Crippen molar-refractivity contribution in [2.45, 2.75) is 51.0 Å². The van der Waals surface area contributed by atoms with Gasteiger partial charge in [-0.05, 0) is 73.4 Å². The SMILES string of the molecule is CC(NC(=O)C1CCc2ccccc2CC1)C(Cc1ccc(Cl)cc1)c1ccccc1. The molecule has 2 unspecified atom stereocenters. The fraction of sp³-hybridized carbons (Fsp3) is 0.321. The van der Waals surface area contributed by atoms with E-state index in [1.165, 1.54) is 22.3 Å². The molecule has 0 spiro atoms. The quantitative estimate of drug-likeness (QED) is 0.451. The van der Waals surface area contributed by atoms with Crippen molar-refractivity contribution in [3.8, 4) is 0 Å². The molecule has 4 rings (SSSR count). The van der Waals surface area contributed by atoms with Gasteiger partial charge in [0.2, 0.25) is 5.91 Å². The molecule has 0 saturated carbocycles. The molecule has 1 amide bonds. The Labute approximate surface area is 190 Å². The van der Waals surface area contributed by atoms with E-state index in [-0.39, 0.29) is 23.8 Å². The first-order valence-corrected chi connectivity index (χ1v) is 11.6. The Bertz CT molecular complexity index is 972. The van der Waals surface area contributed by atoms with Crippen LogP contribution in [0.5, 0.6) is 0 Å². The number of carbonyl (C=O) groups is 1. The summed E-state index contributed by atoms with van der Waals surface area (Å²) in [4.78, 5) is 13.2. The maximum Gasteiger partial charge on any atom is 0.223 e. The standard InChI is InChI=1S/C28H30ClNO/c1-20(30-28(31)25-15-13-22-7-5-6-8-23(22)14-16-25)27(24-9-3-2-4-10-24)19-21-11-17-26(29)18-12-21/h2-12,17-18,20,25,27H,13-16,19H2,1H3,(H,30,31). The molecular formula is C28H30ClNO. The van der Waals surface area contributed by atoms with E-state index in [1.54, 1.807) is 0 Å². The first-order valence-electron chi connectivity index (χ1n) is 11.3. The van der Waals surface area contributed by atoms with Crippen LogP contribution in [-0.4, -0.2) is 11.9 Å². The maximum atomic E-state index is 13.2. The number of hydrogen-bond donors (Lipinski definition) is 1. The number of aryl methyl sites for hydroxylation is 2. The Morgan fingerprint density at radius 2 is 1.48 bits per heavy atom. The van der Waals surface area contributed by atoms with Gasteiger partial charge in [0.05, 0.1) is 0 Å². The summed E-state index contributed by atoms with van der Waals surface area (Å²) >= 11 is 6.07. The van der Waals surface area contributed by atoms with Crippen molar-refractivity contribution in [3.05, 3.63) is 106 Å². The Balaban J connectivity index is 1.46. The van der Waals surface area contributed by atoms with Crippen LogP contribution in [0.25, 0.3) is 0 Å². The molecule has 0 saturated heterocycles. The average Bonchev–Trinajstić information content (AvgIpc) is 3.02. The average molecular weight is 432 g/mol. The van der Waals surface area contributed by atoms with Gasteiger partial charge in [0.15, 0.2) is 0 Å². The van der Waals surface area contributed by atoms with Crippen LogP contribution in [0.15, 0.2) is 78.9 Å². The molecule has 0 fully saturated rings. The van der Waals surface area contributed by atoms with Crippen LogP contribution in [-0.2, 0) is 24.1 Å². The van der Waals surface area contributed by atoms with Gasteiger partial charge in [-0.3, -0.25) is 4.79 Å². The van der Waals surface area contributed by atoms with Crippen LogP contribution in [0.2, 0.25) is 5.02 Å². The summed E-state index contributed by atoms with van der Waals surface area (Å²) in [6, 6.07) is 27.2. The summed E-state index contributed by atoms with van der Waals surface area (Å²) in [5.74, 6) is 0.466. The van der Waals surface area contributed by atoms with Crippen LogP contribution in [0.3, 0.4) is 0 Å². The monoisotopic (exact) mass is 431 g/mol. The number of nitrogens with one attached hydrogen (secondary N) is 1. The molecule has 1 aliphatic rings. The van der Waals surface area contributed by atoms with E-state index in [1.807, 2.05) is 18.2 Å². The van der Waals surface area contributed by atoms with Gasteiger partial charge in [-0.15, -0.1) is 0 Å². The molecule has 1 aliphatic carbocycles. The van der Waals surface area contributed by atoms with Crippen molar-refractivity contribution in [3.63, 3.8) is 0 Å². The third-order valence-electron chi connectivity index (χ3n) is 6.58. The normalized spacial score (nSPS) is 16.1. The number of hydrogen-bond acceptors (Lipinski definition) is 1. The predicted molar refractivity (Wildman–Crippen MR) is 129 cm³/mol. The summed E-state index contributed by atoms with van der Waals surface area (Å²) in [5.41, 5.74) is 5.27. The smallest absolute Gasteiger partial charge is 0.223 e. The Kier molecular flexibility index (Phi) is 7.09. The molecule has 3 aromatic carbocycles. The lowest BCUT2D eigenvalue weighted by Gasteiger charge is -2.27. The molecule has 0 bridgehead atoms. The second-order valence-corrected chi connectivity index (χ2v) is 9.12. The Hall–Kier alpha value is -2.58. The van der Waals surface area contributed by atoms with Crippen LogP contribution in [0.4, 0.5) is 0 Å². The lowest BCUT2D eigenvalue weighted by Crippen LogP contribution is -2.41. The molecule has 2 atom stereocenters. The van der Waals surface area contributed by atoms with E-state index in [0.717, 1.165) is 37.1 Å². The topological polar surface area (TPSA) is 29.1 Å². The molecule has 0 heterocycles. The fourth-order valence-corrected chi connectivity index (χ4v) is 4.84. The van der Waals surface area contributed by atoms with Crippen LogP contribution in [0, 0.1) is 5.92 Å². The lowest BCUT2D eigenvalue weighted by molar-refractivity contribution is -0.126. The number of fused-ring (bicyclic) bond motifs is 1. The Morgan fingerprint density at radius 3 is 2.10 bits per heavy atom. The highest BCUT2D eigenvalue weighted by Crippen LogP contribution is 2.28. The number of halogens is 1. The van der Waals surface area contributed by atoms with Gasteiger partial charge in [0, 0.05) is 22.9 Å². The fourth-order valence-electron chi connectivity index (χ4n) is 4.71. The molecule has 1 N–H and O–H groups in total. The zero-order valence-electron chi connectivity index (χ0n) is 18.1. The third-order valence-corrected chi connectivity index (χ3v) is 6.84. The zero-order valence-corrected chi connectivity index (χ0v) is 18.8. The van der Waals surface area contributed by atoms with Gasteiger partial charge in [-0.2, -0.15) is 0 Å². The predicted octanol–water partition coefficient (Wildman–Crippen LogP) is 6.37.